The zero-order chi connectivity index (χ0) is 22.6. The number of hydrogen-bond donors (Lipinski definition) is 1. The van der Waals surface area contributed by atoms with Crippen LogP contribution in [0, 0.1) is 0 Å². The van der Waals surface area contributed by atoms with Gasteiger partial charge in [-0.25, -0.2) is 9.78 Å². The van der Waals surface area contributed by atoms with Crippen molar-refractivity contribution in [2.45, 2.75) is 59.7 Å². The summed E-state index contributed by atoms with van der Waals surface area (Å²) < 4.78 is 13.7. The lowest BCUT2D eigenvalue weighted by molar-refractivity contribution is 0.0892. The predicted octanol–water partition coefficient (Wildman–Crippen LogP) is 4.69. The van der Waals surface area contributed by atoms with Crippen LogP contribution in [0.1, 0.15) is 46.9 Å². The van der Waals surface area contributed by atoms with Crippen LogP contribution < -0.4 is 4.74 Å². The van der Waals surface area contributed by atoms with E-state index in [1.165, 1.54) is 4.90 Å². The molecule has 1 N–H and O–H groups in total. The van der Waals surface area contributed by atoms with E-state index in [9.17, 15) is 9.90 Å². The Kier molecular flexibility index (Phi) is 7.00. The van der Waals surface area contributed by atoms with Gasteiger partial charge in [-0.1, -0.05) is 6.92 Å². The molecule has 3 aromatic rings. The zero-order valence-corrected chi connectivity index (χ0v) is 19.0. The summed E-state index contributed by atoms with van der Waals surface area (Å²) in [5.74, 6) is 1.57. The molecule has 168 valence electrons. The van der Waals surface area contributed by atoms with Gasteiger partial charge in [0.05, 0.1) is 23.8 Å². The number of fused-ring (bicyclic) bond motifs is 3. The first kappa shape index (κ1) is 22.8. The summed E-state index contributed by atoms with van der Waals surface area (Å²) >= 11 is 0. The summed E-state index contributed by atoms with van der Waals surface area (Å²) in [5, 5.41) is 10.4. The maximum absolute atomic E-state index is 11.5. The number of benzene rings is 1. The highest BCUT2D eigenvalue weighted by Crippen LogP contribution is 2.29. The average molecular weight is 429 g/mol. The van der Waals surface area contributed by atoms with Crippen LogP contribution in [0.4, 0.5) is 4.79 Å². The molecule has 0 aliphatic carbocycles. The fourth-order valence-electron chi connectivity index (χ4n) is 3.67. The summed E-state index contributed by atoms with van der Waals surface area (Å²) in [6.07, 6.45) is 1.82. The van der Waals surface area contributed by atoms with E-state index in [0.717, 1.165) is 40.7 Å². The van der Waals surface area contributed by atoms with E-state index in [4.69, 9.17) is 14.5 Å². The standard InChI is InChI=1S/C23H32N4O4/c1-6-10-26-20(15-30-7-2)25-19-14-24-18-9-8-16(13-17(18)21(19)26)31-12-11-27(22(28)29)23(3,4)5/h8-9,13-14H,6-7,10-12,15H2,1-5H3,(H,28,29). The van der Waals surface area contributed by atoms with Crippen LogP contribution in [0.2, 0.25) is 0 Å². The van der Waals surface area contributed by atoms with Crippen LogP contribution in [0.5, 0.6) is 5.75 Å². The maximum atomic E-state index is 11.5. The number of imidazole rings is 1. The van der Waals surface area contributed by atoms with Crippen LogP contribution in [0.15, 0.2) is 24.4 Å². The van der Waals surface area contributed by atoms with Gasteiger partial charge in [0.15, 0.2) is 0 Å². The van der Waals surface area contributed by atoms with Crippen molar-refractivity contribution in [3.05, 3.63) is 30.2 Å². The summed E-state index contributed by atoms with van der Waals surface area (Å²) in [4.78, 5) is 22.2. The van der Waals surface area contributed by atoms with Gasteiger partial charge in [0.25, 0.3) is 0 Å². The first-order valence-electron chi connectivity index (χ1n) is 10.7. The van der Waals surface area contributed by atoms with Crippen LogP contribution in [-0.2, 0) is 17.9 Å². The number of nitrogens with zero attached hydrogens (tertiary/aromatic N) is 4. The van der Waals surface area contributed by atoms with Crippen molar-refractivity contribution in [1.82, 2.24) is 19.4 Å². The van der Waals surface area contributed by atoms with Gasteiger partial charge in [0.1, 0.15) is 30.3 Å². The van der Waals surface area contributed by atoms with E-state index in [1.54, 1.807) is 6.20 Å². The van der Waals surface area contributed by atoms with E-state index in [1.807, 2.05) is 45.9 Å². The first-order valence-corrected chi connectivity index (χ1v) is 10.7. The number of amides is 1. The fraction of sp³-hybridized carbons (Fsp3) is 0.522. The second-order valence-corrected chi connectivity index (χ2v) is 8.44. The number of hydrogen-bond acceptors (Lipinski definition) is 5. The van der Waals surface area contributed by atoms with E-state index in [-0.39, 0.29) is 13.2 Å². The minimum Gasteiger partial charge on any atom is -0.492 e. The molecule has 1 amide bonds. The van der Waals surface area contributed by atoms with Crippen molar-refractivity contribution in [2.75, 3.05) is 19.8 Å². The third-order valence-electron chi connectivity index (χ3n) is 5.13. The lowest BCUT2D eigenvalue weighted by atomic mass is 10.1. The Bertz CT molecular complexity index is 1060. The topological polar surface area (TPSA) is 89.7 Å². The van der Waals surface area contributed by atoms with Gasteiger partial charge in [0.2, 0.25) is 0 Å². The van der Waals surface area contributed by atoms with Crippen molar-refractivity contribution in [1.29, 1.82) is 0 Å². The molecule has 0 aliphatic rings. The van der Waals surface area contributed by atoms with Crippen molar-refractivity contribution in [2.24, 2.45) is 0 Å². The van der Waals surface area contributed by atoms with Gasteiger partial charge in [-0.3, -0.25) is 4.98 Å². The van der Waals surface area contributed by atoms with Crippen LogP contribution >= 0.6 is 0 Å². The summed E-state index contributed by atoms with van der Waals surface area (Å²) in [6, 6.07) is 5.75. The minimum absolute atomic E-state index is 0.266. The number of aromatic nitrogens is 3. The fourth-order valence-corrected chi connectivity index (χ4v) is 3.67. The molecule has 31 heavy (non-hydrogen) atoms. The average Bonchev–Trinajstić information content (AvgIpc) is 3.06. The molecular weight excluding hydrogens is 396 g/mol. The quantitative estimate of drug-likeness (QED) is 0.532. The van der Waals surface area contributed by atoms with Crippen LogP contribution in [-0.4, -0.2) is 55.9 Å². The largest absolute Gasteiger partial charge is 0.492 e. The van der Waals surface area contributed by atoms with Gasteiger partial charge in [0, 0.05) is 24.1 Å². The second-order valence-electron chi connectivity index (χ2n) is 8.44. The lowest BCUT2D eigenvalue weighted by Gasteiger charge is -2.32. The highest BCUT2D eigenvalue weighted by molar-refractivity contribution is 6.02. The number of carbonyl (C=O) groups is 1. The summed E-state index contributed by atoms with van der Waals surface area (Å²) in [6.45, 7) is 12.2. The molecule has 8 nitrogen and oxygen atoms in total. The number of aryl methyl sites for hydroxylation is 1. The van der Waals surface area contributed by atoms with E-state index in [0.29, 0.717) is 19.0 Å². The highest BCUT2D eigenvalue weighted by Gasteiger charge is 2.25. The molecule has 1 aromatic carbocycles. The molecule has 0 spiro atoms. The van der Waals surface area contributed by atoms with Crippen molar-refractivity contribution in [3.63, 3.8) is 0 Å². The molecule has 8 heteroatoms. The third kappa shape index (κ3) is 5.07. The Morgan fingerprint density at radius 2 is 2.00 bits per heavy atom. The normalized spacial score (nSPS) is 11.9. The highest BCUT2D eigenvalue weighted by atomic mass is 16.5. The number of rotatable bonds is 9. The van der Waals surface area contributed by atoms with E-state index < -0.39 is 11.6 Å². The lowest BCUT2D eigenvalue weighted by Crippen LogP contribution is -2.46. The molecule has 0 saturated carbocycles. The molecule has 3 rings (SSSR count). The van der Waals surface area contributed by atoms with Gasteiger partial charge in [-0.2, -0.15) is 0 Å². The molecule has 0 unspecified atom stereocenters. The van der Waals surface area contributed by atoms with Gasteiger partial charge in [-0.15, -0.1) is 0 Å². The van der Waals surface area contributed by atoms with Gasteiger partial charge < -0.3 is 24.0 Å². The molecule has 2 aromatic heterocycles. The number of pyridine rings is 1. The zero-order valence-electron chi connectivity index (χ0n) is 19.0. The molecular formula is C23H32N4O4. The molecule has 0 fully saturated rings. The maximum Gasteiger partial charge on any atom is 0.407 e. The molecule has 0 bridgehead atoms. The summed E-state index contributed by atoms with van der Waals surface area (Å²) in [7, 11) is 0. The van der Waals surface area contributed by atoms with Gasteiger partial charge >= 0.3 is 6.09 Å². The molecule has 0 atom stereocenters. The smallest absolute Gasteiger partial charge is 0.407 e. The molecule has 0 radical (unpaired) electrons. The van der Waals surface area contributed by atoms with Crippen LogP contribution in [0.25, 0.3) is 21.9 Å². The minimum atomic E-state index is -0.953. The van der Waals surface area contributed by atoms with Crippen LogP contribution in [0.3, 0.4) is 0 Å². The van der Waals surface area contributed by atoms with Crippen molar-refractivity contribution >= 4 is 28.0 Å². The van der Waals surface area contributed by atoms with E-state index >= 15 is 0 Å². The van der Waals surface area contributed by atoms with Gasteiger partial charge in [-0.05, 0) is 52.3 Å². The SMILES string of the molecule is CCCn1c(COCC)nc2cnc3ccc(OCCN(C(=O)O)C(C)(C)C)cc3c21. The summed E-state index contributed by atoms with van der Waals surface area (Å²) in [5.41, 5.74) is 2.23. The predicted molar refractivity (Wildman–Crippen MR) is 121 cm³/mol. The van der Waals surface area contributed by atoms with Crippen molar-refractivity contribution < 1.29 is 19.4 Å². The molecule has 2 heterocycles. The molecule has 0 saturated heterocycles. The van der Waals surface area contributed by atoms with E-state index in [2.05, 4.69) is 16.5 Å². The first-order chi connectivity index (χ1) is 14.8. The second kappa shape index (κ2) is 9.51. The third-order valence-corrected chi connectivity index (χ3v) is 5.13. The number of carboxylic acid groups (broad SMARTS) is 1. The Hall–Kier alpha value is -2.87. The number of ether oxygens (including phenoxy) is 2. The molecule has 0 aliphatic heterocycles. The Balaban J connectivity index is 1.92. The Labute approximate surface area is 182 Å². The van der Waals surface area contributed by atoms with Crippen molar-refractivity contribution in [3.8, 4) is 5.75 Å². The Morgan fingerprint density at radius 3 is 2.65 bits per heavy atom. The Morgan fingerprint density at radius 1 is 1.23 bits per heavy atom. The monoisotopic (exact) mass is 428 g/mol.